The lowest BCUT2D eigenvalue weighted by molar-refractivity contribution is -0.0329. The Morgan fingerprint density at radius 2 is 0.750 bits per heavy atom. The Kier molecular flexibility index (Phi) is 24.4. The second-order valence-electron chi connectivity index (χ2n) is 15.6. The van der Waals surface area contributed by atoms with Crippen LogP contribution in [0.4, 0.5) is 0 Å². The molecule has 0 aromatic carbocycles. The molecule has 0 aliphatic carbocycles. The minimum absolute atomic E-state index is 0.552. The number of hydrogen-bond acceptors (Lipinski definition) is 0. The molecule has 0 saturated carbocycles. The molecule has 0 rings (SSSR count). The predicted octanol–water partition coefficient (Wildman–Crippen LogP) is 15.0. The van der Waals surface area contributed by atoms with Gasteiger partial charge in [0.05, 0.1) is 0 Å². The van der Waals surface area contributed by atoms with E-state index in [9.17, 15) is 0 Å². The molecule has 0 aliphatic rings. The summed E-state index contributed by atoms with van der Waals surface area (Å²) in [6.07, 6.45) is 34.8. The monoisotopic (exact) mass is 563 g/mol. The molecule has 0 N–H and O–H groups in total. The van der Waals surface area contributed by atoms with E-state index < -0.39 is 0 Å². The Labute approximate surface area is 257 Å². The van der Waals surface area contributed by atoms with Crippen LogP contribution in [-0.4, -0.2) is 0 Å². The normalized spacial score (nSPS) is 16.1. The van der Waals surface area contributed by atoms with E-state index in [1.165, 1.54) is 154 Å². The summed E-state index contributed by atoms with van der Waals surface area (Å²) in [6, 6.07) is 0. The molecule has 0 fully saturated rings. The summed E-state index contributed by atoms with van der Waals surface area (Å²) in [5, 5.41) is 0. The van der Waals surface area contributed by atoms with Crippen molar-refractivity contribution in [3.05, 3.63) is 0 Å². The average molecular weight is 563 g/mol. The van der Waals surface area contributed by atoms with Crippen molar-refractivity contribution in [2.24, 2.45) is 34.5 Å². The molecule has 0 radical (unpaired) electrons. The van der Waals surface area contributed by atoms with Gasteiger partial charge in [-0.25, -0.2) is 0 Å². The Morgan fingerprint density at radius 1 is 0.350 bits per heavy atom. The van der Waals surface area contributed by atoms with Gasteiger partial charge in [-0.05, 0) is 73.0 Å². The van der Waals surface area contributed by atoms with E-state index >= 15 is 0 Å². The van der Waals surface area contributed by atoms with Gasteiger partial charge in [0, 0.05) is 0 Å². The summed E-state index contributed by atoms with van der Waals surface area (Å²) < 4.78 is 0. The molecule has 0 heteroatoms. The summed E-state index contributed by atoms with van der Waals surface area (Å²) >= 11 is 0. The molecule has 0 heterocycles. The fourth-order valence-electron chi connectivity index (χ4n) is 8.11. The van der Waals surface area contributed by atoms with Gasteiger partial charge in [0.1, 0.15) is 0 Å². The second kappa shape index (κ2) is 24.4. The highest BCUT2D eigenvalue weighted by Crippen LogP contribution is 2.58. The molecule has 0 aliphatic heterocycles. The standard InChI is InChI=1S/C40H82/c1-11-15-18-24-32-40(31-23-17-13-3,34-29-37(9)10)38(28-21-19-20-26-35(5)6)39(14-4,30-22-16-12-2)33-25-27-36(7)8/h35-38H,11-34H2,1-10H3. The van der Waals surface area contributed by atoms with Crippen molar-refractivity contribution in [1.82, 2.24) is 0 Å². The highest BCUT2D eigenvalue weighted by atomic mass is 14.5. The largest absolute Gasteiger partial charge is 0.0654 e. The molecular formula is C40H82. The SMILES string of the molecule is CCCCCCC(CCCCC)(CCC(C)C)C(CCCCCC(C)C)C(CC)(CCCCC)CCCC(C)C. The van der Waals surface area contributed by atoms with Crippen LogP contribution in [0.3, 0.4) is 0 Å². The zero-order valence-electron chi connectivity index (χ0n) is 30.3. The maximum atomic E-state index is 2.61. The van der Waals surface area contributed by atoms with E-state index in [1.807, 2.05) is 0 Å². The first-order valence-corrected chi connectivity index (χ1v) is 19.1. The average Bonchev–Trinajstić information content (AvgIpc) is 2.90. The van der Waals surface area contributed by atoms with Crippen LogP contribution in [0.25, 0.3) is 0 Å². The van der Waals surface area contributed by atoms with Crippen molar-refractivity contribution in [2.75, 3.05) is 0 Å². The molecule has 0 aromatic rings. The third-order valence-electron chi connectivity index (χ3n) is 10.7. The van der Waals surface area contributed by atoms with E-state index in [2.05, 4.69) is 69.2 Å². The summed E-state index contributed by atoms with van der Waals surface area (Å²) in [7, 11) is 0. The van der Waals surface area contributed by atoms with Crippen LogP contribution in [0.1, 0.15) is 223 Å². The first-order chi connectivity index (χ1) is 19.1. The van der Waals surface area contributed by atoms with E-state index in [4.69, 9.17) is 0 Å². The second-order valence-corrected chi connectivity index (χ2v) is 15.6. The van der Waals surface area contributed by atoms with Crippen molar-refractivity contribution in [2.45, 2.75) is 223 Å². The summed E-state index contributed by atoms with van der Waals surface area (Å²) in [6.45, 7) is 24.5. The van der Waals surface area contributed by atoms with Crippen LogP contribution >= 0.6 is 0 Å². The summed E-state index contributed by atoms with van der Waals surface area (Å²) in [5.41, 5.74) is 1.11. The van der Waals surface area contributed by atoms with Gasteiger partial charge < -0.3 is 0 Å². The molecule has 242 valence electrons. The van der Waals surface area contributed by atoms with E-state index in [1.54, 1.807) is 0 Å². The van der Waals surface area contributed by atoms with E-state index in [0.717, 1.165) is 23.7 Å². The number of hydrogen-bond donors (Lipinski definition) is 0. The van der Waals surface area contributed by atoms with Crippen LogP contribution < -0.4 is 0 Å². The van der Waals surface area contributed by atoms with Crippen LogP contribution in [0.15, 0.2) is 0 Å². The van der Waals surface area contributed by atoms with Crippen molar-refractivity contribution in [1.29, 1.82) is 0 Å². The zero-order valence-corrected chi connectivity index (χ0v) is 30.3. The van der Waals surface area contributed by atoms with Crippen LogP contribution in [0.5, 0.6) is 0 Å². The quantitative estimate of drug-likeness (QED) is 0.0795. The van der Waals surface area contributed by atoms with E-state index in [-0.39, 0.29) is 0 Å². The van der Waals surface area contributed by atoms with Gasteiger partial charge in [0.15, 0.2) is 0 Å². The minimum Gasteiger partial charge on any atom is -0.0654 e. The Hall–Kier alpha value is 0. The van der Waals surface area contributed by atoms with E-state index in [0.29, 0.717) is 10.8 Å². The Balaban J connectivity index is 6.62. The molecule has 3 unspecified atom stereocenters. The van der Waals surface area contributed by atoms with Gasteiger partial charge in [0.25, 0.3) is 0 Å². The molecule has 0 spiro atoms. The molecule has 0 nitrogen and oxygen atoms in total. The maximum absolute atomic E-state index is 2.61. The lowest BCUT2D eigenvalue weighted by Crippen LogP contribution is -2.44. The molecule has 40 heavy (non-hydrogen) atoms. The minimum atomic E-state index is 0.552. The van der Waals surface area contributed by atoms with Crippen LogP contribution in [-0.2, 0) is 0 Å². The summed E-state index contributed by atoms with van der Waals surface area (Å²) in [4.78, 5) is 0. The van der Waals surface area contributed by atoms with Gasteiger partial charge in [-0.3, -0.25) is 0 Å². The number of rotatable bonds is 29. The zero-order chi connectivity index (χ0) is 30.3. The van der Waals surface area contributed by atoms with Crippen molar-refractivity contribution >= 4 is 0 Å². The molecule has 3 atom stereocenters. The van der Waals surface area contributed by atoms with Gasteiger partial charge in [-0.1, -0.05) is 185 Å². The molecule has 0 aromatic heterocycles. The van der Waals surface area contributed by atoms with Crippen LogP contribution in [0.2, 0.25) is 0 Å². The molecular weight excluding hydrogens is 480 g/mol. The topological polar surface area (TPSA) is 0 Å². The Morgan fingerprint density at radius 3 is 1.25 bits per heavy atom. The highest BCUT2D eigenvalue weighted by molar-refractivity contribution is 4.98. The predicted molar refractivity (Wildman–Crippen MR) is 186 cm³/mol. The van der Waals surface area contributed by atoms with Gasteiger partial charge >= 0.3 is 0 Å². The van der Waals surface area contributed by atoms with Gasteiger partial charge in [0.2, 0.25) is 0 Å². The van der Waals surface area contributed by atoms with Gasteiger partial charge in [-0.15, -0.1) is 0 Å². The lowest BCUT2D eigenvalue weighted by Gasteiger charge is -2.53. The lowest BCUT2D eigenvalue weighted by atomic mass is 9.52. The first kappa shape index (κ1) is 40.0. The maximum Gasteiger partial charge on any atom is -0.0264 e. The van der Waals surface area contributed by atoms with Crippen molar-refractivity contribution < 1.29 is 0 Å². The molecule has 0 bridgehead atoms. The Bertz CT molecular complexity index is 530. The number of unbranched alkanes of at least 4 members (excludes halogenated alkanes) is 9. The van der Waals surface area contributed by atoms with Crippen molar-refractivity contribution in [3.63, 3.8) is 0 Å². The van der Waals surface area contributed by atoms with Crippen molar-refractivity contribution in [3.8, 4) is 0 Å². The smallest absolute Gasteiger partial charge is 0.0264 e. The third kappa shape index (κ3) is 17.2. The molecule has 0 amide bonds. The summed E-state index contributed by atoms with van der Waals surface area (Å²) in [5.74, 6) is 3.44. The molecule has 0 saturated heterocycles. The fourth-order valence-corrected chi connectivity index (χ4v) is 8.11. The van der Waals surface area contributed by atoms with Crippen LogP contribution in [0, 0.1) is 34.5 Å². The fraction of sp³-hybridized carbons (Fsp3) is 1.00. The third-order valence-corrected chi connectivity index (χ3v) is 10.7. The first-order valence-electron chi connectivity index (χ1n) is 19.1. The highest BCUT2D eigenvalue weighted by Gasteiger charge is 2.47. The van der Waals surface area contributed by atoms with Gasteiger partial charge in [-0.2, -0.15) is 0 Å².